The Morgan fingerprint density at radius 3 is 2.87 bits per heavy atom. The van der Waals surface area contributed by atoms with Crippen molar-refractivity contribution in [3.63, 3.8) is 0 Å². The van der Waals surface area contributed by atoms with Crippen molar-refractivity contribution in [1.82, 2.24) is 4.98 Å². The molecule has 2 heterocycles. The number of esters is 1. The SMILES string of the molecule is O=C(/C=C/c1ccco1)Oc1ccc([N+](=O)[O-])c2cccnc12. The topological polar surface area (TPSA) is 95.5 Å². The van der Waals surface area contributed by atoms with E-state index in [0.717, 1.165) is 0 Å². The van der Waals surface area contributed by atoms with Crippen LogP contribution in [0, 0.1) is 10.1 Å². The van der Waals surface area contributed by atoms with Gasteiger partial charge in [-0.2, -0.15) is 0 Å². The summed E-state index contributed by atoms with van der Waals surface area (Å²) in [5.41, 5.74) is 0.153. The highest BCUT2D eigenvalue weighted by Crippen LogP contribution is 2.31. The second kappa shape index (κ2) is 6.10. The van der Waals surface area contributed by atoms with Gasteiger partial charge in [0.15, 0.2) is 5.75 Å². The number of fused-ring (bicyclic) bond motifs is 1. The minimum Gasteiger partial charge on any atom is -0.465 e. The molecule has 0 atom stereocenters. The number of nitro groups is 1. The average molecular weight is 310 g/mol. The number of hydrogen-bond acceptors (Lipinski definition) is 6. The monoisotopic (exact) mass is 310 g/mol. The molecule has 3 rings (SSSR count). The normalized spacial score (nSPS) is 11.0. The van der Waals surface area contributed by atoms with Gasteiger partial charge in [-0.05, 0) is 36.4 Å². The van der Waals surface area contributed by atoms with E-state index in [1.54, 1.807) is 24.3 Å². The van der Waals surface area contributed by atoms with Crippen LogP contribution in [0.4, 0.5) is 5.69 Å². The third kappa shape index (κ3) is 3.08. The van der Waals surface area contributed by atoms with E-state index in [9.17, 15) is 14.9 Å². The number of pyridine rings is 1. The molecule has 0 amide bonds. The van der Waals surface area contributed by atoms with Crippen LogP contribution in [0.2, 0.25) is 0 Å². The molecule has 0 bridgehead atoms. The van der Waals surface area contributed by atoms with Crippen LogP contribution in [0.1, 0.15) is 5.76 Å². The van der Waals surface area contributed by atoms with E-state index in [0.29, 0.717) is 11.1 Å². The second-order valence-electron chi connectivity index (χ2n) is 4.51. The van der Waals surface area contributed by atoms with E-state index in [-0.39, 0.29) is 17.0 Å². The number of furan rings is 1. The quantitative estimate of drug-likeness (QED) is 0.241. The zero-order valence-electron chi connectivity index (χ0n) is 11.7. The van der Waals surface area contributed by atoms with Gasteiger partial charge < -0.3 is 9.15 Å². The molecule has 3 aromatic rings. The fraction of sp³-hybridized carbons (Fsp3) is 0. The predicted octanol–water partition coefficient (Wildman–Crippen LogP) is 3.35. The Hall–Kier alpha value is -3.48. The van der Waals surface area contributed by atoms with E-state index >= 15 is 0 Å². The number of ether oxygens (including phenoxy) is 1. The first kappa shape index (κ1) is 14.5. The fourth-order valence-corrected chi connectivity index (χ4v) is 2.05. The molecule has 0 aliphatic rings. The molecule has 2 aromatic heterocycles. The van der Waals surface area contributed by atoms with Crippen LogP contribution < -0.4 is 4.74 Å². The van der Waals surface area contributed by atoms with Crippen molar-refractivity contribution in [2.75, 3.05) is 0 Å². The first-order valence-corrected chi connectivity index (χ1v) is 6.60. The first-order valence-electron chi connectivity index (χ1n) is 6.60. The van der Waals surface area contributed by atoms with Gasteiger partial charge in [-0.3, -0.25) is 15.1 Å². The summed E-state index contributed by atoms with van der Waals surface area (Å²) in [6.07, 6.45) is 5.62. The van der Waals surface area contributed by atoms with Crippen molar-refractivity contribution in [2.24, 2.45) is 0 Å². The van der Waals surface area contributed by atoms with Gasteiger partial charge in [0.2, 0.25) is 0 Å². The lowest BCUT2D eigenvalue weighted by Crippen LogP contribution is -2.05. The Morgan fingerprint density at radius 1 is 1.26 bits per heavy atom. The molecule has 23 heavy (non-hydrogen) atoms. The van der Waals surface area contributed by atoms with Crippen molar-refractivity contribution in [2.45, 2.75) is 0 Å². The van der Waals surface area contributed by atoms with Crippen LogP contribution in [-0.2, 0) is 4.79 Å². The third-order valence-corrected chi connectivity index (χ3v) is 3.04. The van der Waals surface area contributed by atoms with E-state index < -0.39 is 10.9 Å². The predicted molar refractivity (Wildman–Crippen MR) is 81.8 cm³/mol. The molecule has 0 unspecified atom stereocenters. The smallest absolute Gasteiger partial charge is 0.336 e. The summed E-state index contributed by atoms with van der Waals surface area (Å²) in [7, 11) is 0. The molecule has 0 radical (unpaired) electrons. The van der Waals surface area contributed by atoms with Crippen molar-refractivity contribution < 1.29 is 18.9 Å². The Labute approximate surface area is 130 Å². The standard InChI is InChI=1S/C16H10N2O5/c19-15(8-5-11-3-2-10-22-11)23-14-7-6-13(18(20)21)12-4-1-9-17-16(12)14/h1-10H/b8-5+. The van der Waals surface area contributed by atoms with Crippen molar-refractivity contribution in [3.05, 3.63) is 70.8 Å². The molecule has 7 nitrogen and oxygen atoms in total. The highest BCUT2D eigenvalue weighted by Gasteiger charge is 2.16. The number of nitro benzene ring substituents is 1. The van der Waals surface area contributed by atoms with E-state index in [2.05, 4.69) is 4.98 Å². The fourth-order valence-electron chi connectivity index (χ4n) is 2.05. The molecule has 0 aliphatic carbocycles. The highest BCUT2D eigenvalue weighted by atomic mass is 16.6. The van der Waals surface area contributed by atoms with Crippen LogP contribution in [0.15, 0.2) is 59.4 Å². The van der Waals surface area contributed by atoms with Gasteiger partial charge in [0.1, 0.15) is 11.3 Å². The summed E-state index contributed by atoms with van der Waals surface area (Å²) in [6, 6.07) is 9.15. The van der Waals surface area contributed by atoms with E-state index in [4.69, 9.17) is 9.15 Å². The van der Waals surface area contributed by atoms with Crippen molar-refractivity contribution in [3.8, 4) is 5.75 Å². The van der Waals surface area contributed by atoms with Crippen LogP contribution in [0.25, 0.3) is 17.0 Å². The summed E-state index contributed by atoms with van der Waals surface area (Å²) in [5, 5.41) is 11.3. The first-order chi connectivity index (χ1) is 11.1. The van der Waals surface area contributed by atoms with E-state index in [1.807, 2.05) is 0 Å². The highest BCUT2D eigenvalue weighted by molar-refractivity contribution is 5.95. The summed E-state index contributed by atoms with van der Waals surface area (Å²) in [4.78, 5) is 26.4. The Bertz CT molecular complexity index is 900. The number of non-ortho nitro benzene ring substituents is 1. The minimum atomic E-state index is -0.637. The lowest BCUT2D eigenvalue weighted by Gasteiger charge is -2.05. The van der Waals surface area contributed by atoms with Gasteiger partial charge in [0.05, 0.1) is 16.6 Å². The van der Waals surface area contributed by atoms with Crippen LogP contribution in [0.5, 0.6) is 5.75 Å². The summed E-state index contributed by atoms with van der Waals surface area (Å²) in [6.45, 7) is 0. The second-order valence-corrected chi connectivity index (χ2v) is 4.51. The molecule has 0 N–H and O–H groups in total. The molecule has 114 valence electrons. The molecular formula is C16H10N2O5. The number of aromatic nitrogens is 1. The maximum atomic E-state index is 11.9. The largest absolute Gasteiger partial charge is 0.465 e. The molecular weight excluding hydrogens is 300 g/mol. The number of nitrogens with zero attached hydrogens (tertiary/aromatic N) is 2. The molecule has 7 heteroatoms. The third-order valence-electron chi connectivity index (χ3n) is 3.04. The lowest BCUT2D eigenvalue weighted by molar-refractivity contribution is -0.383. The number of rotatable bonds is 4. The molecule has 0 aliphatic heterocycles. The van der Waals surface area contributed by atoms with Gasteiger partial charge in [-0.15, -0.1) is 0 Å². The van der Waals surface area contributed by atoms with Gasteiger partial charge in [-0.25, -0.2) is 4.79 Å². The Kier molecular flexibility index (Phi) is 3.84. The van der Waals surface area contributed by atoms with Crippen LogP contribution in [0.3, 0.4) is 0 Å². The zero-order valence-corrected chi connectivity index (χ0v) is 11.7. The Morgan fingerprint density at radius 2 is 2.13 bits per heavy atom. The summed E-state index contributed by atoms with van der Waals surface area (Å²) in [5.74, 6) is 0.0242. The van der Waals surface area contributed by atoms with Gasteiger partial charge in [0, 0.05) is 18.3 Å². The maximum Gasteiger partial charge on any atom is 0.336 e. The van der Waals surface area contributed by atoms with Crippen LogP contribution >= 0.6 is 0 Å². The molecule has 0 saturated carbocycles. The number of hydrogen-bond donors (Lipinski definition) is 0. The average Bonchev–Trinajstić information content (AvgIpc) is 3.06. The molecule has 0 fully saturated rings. The molecule has 0 spiro atoms. The molecule has 1 aromatic carbocycles. The lowest BCUT2D eigenvalue weighted by atomic mass is 10.1. The van der Waals surface area contributed by atoms with E-state index in [1.165, 1.54) is 36.7 Å². The number of carbonyl (C=O) groups excluding carboxylic acids is 1. The Balaban J connectivity index is 1.90. The van der Waals surface area contributed by atoms with Crippen molar-refractivity contribution >= 4 is 28.6 Å². The minimum absolute atomic E-state index is 0.0981. The zero-order chi connectivity index (χ0) is 16.2. The van der Waals surface area contributed by atoms with Gasteiger partial charge >= 0.3 is 5.97 Å². The summed E-state index contributed by atoms with van der Waals surface area (Å²) < 4.78 is 10.3. The van der Waals surface area contributed by atoms with Crippen molar-refractivity contribution in [1.29, 1.82) is 0 Å². The van der Waals surface area contributed by atoms with Gasteiger partial charge in [-0.1, -0.05) is 0 Å². The molecule has 0 saturated heterocycles. The number of benzene rings is 1. The maximum absolute atomic E-state index is 11.9. The number of carbonyl (C=O) groups is 1. The van der Waals surface area contributed by atoms with Crippen LogP contribution in [-0.4, -0.2) is 15.9 Å². The summed E-state index contributed by atoms with van der Waals surface area (Å²) >= 11 is 0. The van der Waals surface area contributed by atoms with Gasteiger partial charge in [0.25, 0.3) is 5.69 Å².